The lowest BCUT2D eigenvalue weighted by Gasteiger charge is -2.39. The summed E-state index contributed by atoms with van der Waals surface area (Å²) in [5.41, 5.74) is 3.25. The quantitative estimate of drug-likeness (QED) is 0.854. The number of piperidine rings is 1. The molecule has 1 atom stereocenters. The maximum absolute atomic E-state index is 12.8. The van der Waals surface area contributed by atoms with Crippen molar-refractivity contribution in [2.24, 2.45) is 5.41 Å². The van der Waals surface area contributed by atoms with Crippen molar-refractivity contribution in [3.8, 4) is 0 Å². The van der Waals surface area contributed by atoms with E-state index in [1.165, 1.54) is 6.42 Å². The fourth-order valence-corrected chi connectivity index (χ4v) is 3.99. The number of imidazole rings is 1. The Morgan fingerprint density at radius 2 is 2.35 bits per heavy atom. The number of amides is 1. The molecule has 4 rings (SSSR count). The molecular weight excluding hydrogens is 290 g/mol. The molecule has 5 nitrogen and oxygen atoms in total. The van der Waals surface area contributed by atoms with E-state index < -0.39 is 0 Å². The Hall–Kier alpha value is -1.88. The Labute approximate surface area is 136 Å². The second-order valence-electron chi connectivity index (χ2n) is 7.03. The van der Waals surface area contributed by atoms with Gasteiger partial charge in [0.05, 0.1) is 18.7 Å². The molecule has 0 saturated carbocycles. The van der Waals surface area contributed by atoms with Gasteiger partial charge < -0.3 is 14.0 Å². The molecule has 0 radical (unpaired) electrons. The third-order valence-corrected chi connectivity index (χ3v) is 5.34. The largest absolute Gasteiger partial charge is 0.381 e. The molecule has 0 bridgehead atoms. The first-order valence-corrected chi connectivity index (χ1v) is 8.44. The summed E-state index contributed by atoms with van der Waals surface area (Å²) in [7, 11) is 0. The normalized spacial score (nSPS) is 24.7. The number of aromatic nitrogens is 2. The van der Waals surface area contributed by atoms with Crippen molar-refractivity contribution in [2.75, 3.05) is 26.3 Å². The number of carbonyl (C=O) groups is 1. The Morgan fingerprint density at radius 1 is 1.43 bits per heavy atom. The third-order valence-electron chi connectivity index (χ3n) is 5.34. The highest BCUT2D eigenvalue weighted by Gasteiger charge is 2.40. The molecular formula is C18H23N3O2. The van der Waals surface area contributed by atoms with Crippen LogP contribution in [0.25, 0.3) is 5.65 Å². The van der Waals surface area contributed by atoms with Crippen molar-refractivity contribution in [3.05, 3.63) is 35.8 Å². The van der Waals surface area contributed by atoms with E-state index in [0.717, 1.165) is 56.0 Å². The predicted octanol–water partition coefficient (Wildman–Crippen LogP) is 2.21. The zero-order valence-corrected chi connectivity index (χ0v) is 13.6. The summed E-state index contributed by atoms with van der Waals surface area (Å²) in [5, 5.41) is 0. The molecule has 4 heterocycles. The number of ether oxygens (including phenoxy) is 1. The fraction of sp³-hybridized carbons (Fsp3) is 0.556. The van der Waals surface area contributed by atoms with Crippen LogP contribution in [0.1, 0.15) is 30.5 Å². The maximum Gasteiger partial charge on any atom is 0.228 e. The van der Waals surface area contributed by atoms with Crippen LogP contribution in [0.4, 0.5) is 0 Å². The predicted molar refractivity (Wildman–Crippen MR) is 87.3 cm³/mol. The molecule has 1 spiro atoms. The van der Waals surface area contributed by atoms with E-state index >= 15 is 0 Å². The molecule has 23 heavy (non-hydrogen) atoms. The lowest BCUT2D eigenvalue weighted by molar-refractivity contribution is -0.134. The van der Waals surface area contributed by atoms with Gasteiger partial charge in [0, 0.05) is 37.5 Å². The maximum atomic E-state index is 12.8. The summed E-state index contributed by atoms with van der Waals surface area (Å²) in [4.78, 5) is 19.3. The van der Waals surface area contributed by atoms with E-state index in [-0.39, 0.29) is 11.3 Å². The van der Waals surface area contributed by atoms with Gasteiger partial charge in [-0.2, -0.15) is 0 Å². The van der Waals surface area contributed by atoms with Crippen molar-refractivity contribution in [2.45, 2.75) is 32.6 Å². The Kier molecular flexibility index (Phi) is 3.60. The minimum absolute atomic E-state index is 0.208. The Balaban J connectivity index is 1.51. The van der Waals surface area contributed by atoms with Crippen molar-refractivity contribution >= 4 is 11.6 Å². The van der Waals surface area contributed by atoms with Crippen LogP contribution in [0, 0.1) is 12.3 Å². The average Bonchev–Trinajstić information content (AvgIpc) is 3.16. The molecule has 0 unspecified atom stereocenters. The fourth-order valence-electron chi connectivity index (χ4n) is 3.99. The molecule has 0 N–H and O–H groups in total. The molecule has 2 aromatic heterocycles. The Bertz CT molecular complexity index is 731. The molecule has 2 fully saturated rings. The molecule has 122 valence electrons. The Morgan fingerprint density at radius 3 is 3.17 bits per heavy atom. The van der Waals surface area contributed by atoms with Gasteiger partial charge in [0.1, 0.15) is 5.65 Å². The number of fused-ring (bicyclic) bond motifs is 1. The van der Waals surface area contributed by atoms with Gasteiger partial charge >= 0.3 is 0 Å². The number of nitrogens with zero attached hydrogens (tertiary/aromatic N) is 3. The lowest BCUT2D eigenvalue weighted by Crippen LogP contribution is -2.47. The molecule has 0 aliphatic carbocycles. The lowest BCUT2D eigenvalue weighted by atomic mass is 9.79. The third kappa shape index (κ3) is 2.63. The zero-order valence-electron chi connectivity index (χ0n) is 13.6. The average molecular weight is 313 g/mol. The first-order valence-electron chi connectivity index (χ1n) is 8.44. The van der Waals surface area contributed by atoms with Crippen LogP contribution in [0.2, 0.25) is 0 Å². The smallest absolute Gasteiger partial charge is 0.228 e. The minimum atomic E-state index is 0.208. The van der Waals surface area contributed by atoms with E-state index in [1.807, 2.05) is 40.8 Å². The number of likely N-dealkylation sites (tertiary alicyclic amines) is 1. The van der Waals surface area contributed by atoms with E-state index in [4.69, 9.17) is 4.74 Å². The minimum Gasteiger partial charge on any atom is -0.381 e. The summed E-state index contributed by atoms with van der Waals surface area (Å²) >= 11 is 0. The number of pyridine rings is 1. The molecule has 2 aromatic rings. The van der Waals surface area contributed by atoms with Crippen LogP contribution in [-0.4, -0.2) is 46.5 Å². The van der Waals surface area contributed by atoms with E-state index in [9.17, 15) is 4.79 Å². The van der Waals surface area contributed by atoms with Gasteiger partial charge in [0.15, 0.2) is 0 Å². The first-order chi connectivity index (χ1) is 11.2. The molecule has 5 heteroatoms. The van der Waals surface area contributed by atoms with Gasteiger partial charge in [-0.15, -0.1) is 0 Å². The number of rotatable bonds is 2. The first kappa shape index (κ1) is 14.7. The van der Waals surface area contributed by atoms with Crippen molar-refractivity contribution in [3.63, 3.8) is 0 Å². The van der Waals surface area contributed by atoms with Crippen LogP contribution in [-0.2, 0) is 16.0 Å². The molecule has 2 aliphatic heterocycles. The van der Waals surface area contributed by atoms with E-state index in [0.29, 0.717) is 6.42 Å². The second kappa shape index (κ2) is 5.64. The van der Waals surface area contributed by atoms with Crippen LogP contribution < -0.4 is 0 Å². The van der Waals surface area contributed by atoms with Crippen LogP contribution in [0.15, 0.2) is 24.5 Å². The highest BCUT2D eigenvalue weighted by Crippen LogP contribution is 2.37. The SMILES string of the molecule is Cc1cccn2c(CC(=O)N3CCC[C@@]4(CCOC4)C3)cnc12. The number of carbonyl (C=O) groups excluding carboxylic acids is 1. The van der Waals surface area contributed by atoms with Crippen LogP contribution in [0.5, 0.6) is 0 Å². The van der Waals surface area contributed by atoms with Gasteiger partial charge in [0.2, 0.25) is 5.91 Å². The number of hydrogen-bond acceptors (Lipinski definition) is 3. The topological polar surface area (TPSA) is 46.8 Å². The van der Waals surface area contributed by atoms with Gasteiger partial charge in [-0.05, 0) is 37.8 Å². The summed E-state index contributed by atoms with van der Waals surface area (Å²) < 4.78 is 7.62. The molecule has 1 amide bonds. The monoisotopic (exact) mass is 313 g/mol. The standard InChI is InChI=1S/C18H23N3O2/c1-14-4-2-8-21-15(11-19-17(14)21)10-16(22)20-7-3-5-18(12-20)6-9-23-13-18/h2,4,8,11H,3,5-7,9-10,12-13H2,1H3/t18-/m1/s1. The second-order valence-corrected chi connectivity index (χ2v) is 7.03. The van der Waals surface area contributed by atoms with Crippen LogP contribution in [0.3, 0.4) is 0 Å². The van der Waals surface area contributed by atoms with Crippen LogP contribution >= 0.6 is 0 Å². The van der Waals surface area contributed by atoms with E-state index in [2.05, 4.69) is 4.98 Å². The zero-order chi connectivity index (χ0) is 15.9. The van der Waals surface area contributed by atoms with Crippen molar-refractivity contribution < 1.29 is 9.53 Å². The van der Waals surface area contributed by atoms with Gasteiger partial charge in [0.25, 0.3) is 0 Å². The van der Waals surface area contributed by atoms with Crippen molar-refractivity contribution in [1.82, 2.24) is 14.3 Å². The number of aryl methyl sites for hydroxylation is 1. The highest BCUT2D eigenvalue weighted by atomic mass is 16.5. The van der Waals surface area contributed by atoms with Gasteiger partial charge in [-0.3, -0.25) is 4.79 Å². The molecule has 0 aromatic carbocycles. The summed E-state index contributed by atoms with van der Waals surface area (Å²) in [5.74, 6) is 0.208. The van der Waals surface area contributed by atoms with Gasteiger partial charge in [-0.1, -0.05) is 6.07 Å². The highest BCUT2D eigenvalue weighted by molar-refractivity contribution is 5.79. The van der Waals surface area contributed by atoms with Crippen molar-refractivity contribution in [1.29, 1.82) is 0 Å². The van der Waals surface area contributed by atoms with E-state index in [1.54, 1.807) is 0 Å². The summed E-state index contributed by atoms with van der Waals surface area (Å²) in [6.45, 7) is 5.42. The molecule has 2 saturated heterocycles. The number of hydrogen-bond donors (Lipinski definition) is 0. The summed E-state index contributed by atoms with van der Waals surface area (Å²) in [6, 6.07) is 4.05. The summed E-state index contributed by atoms with van der Waals surface area (Å²) in [6.07, 6.45) is 7.60. The molecule has 2 aliphatic rings. The van der Waals surface area contributed by atoms with Gasteiger partial charge in [-0.25, -0.2) is 4.98 Å².